The van der Waals surface area contributed by atoms with E-state index in [0.29, 0.717) is 12.1 Å². The first-order valence-electron chi connectivity index (χ1n) is 8.98. The molecule has 0 saturated carbocycles. The fraction of sp³-hybridized carbons (Fsp3) is 0.333. The average molecular weight is 335 g/mol. The van der Waals surface area contributed by atoms with Gasteiger partial charge in [0, 0.05) is 25.8 Å². The molecule has 25 heavy (non-hydrogen) atoms. The highest BCUT2D eigenvalue weighted by Gasteiger charge is 2.15. The van der Waals surface area contributed by atoms with E-state index < -0.39 is 0 Å². The van der Waals surface area contributed by atoms with E-state index in [1.807, 2.05) is 19.1 Å². The van der Waals surface area contributed by atoms with Gasteiger partial charge in [-0.2, -0.15) is 0 Å². The number of aryl methyl sites for hydroxylation is 1. The predicted molar refractivity (Wildman–Crippen MR) is 103 cm³/mol. The number of carbonyl (C=O) groups excluding carboxylic acids is 1. The van der Waals surface area contributed by atoms with Crippen LogP contribution in [0.5, 0.6) is 0 Å². The number of benzene rings is 1. The van der Waals surface area contributed by atoms with Crippen LogP contribution in [0.1, 0.15) is 41.8 Å². The molecular formula is C21H25N3O. The lowest BCUT2D eigenvalue weighted by molar-refractivity contribution is 0.0955. The van der Waals surface area contributed by atoms with E-state index in [-0.39, 0.29) is 5.91 Å². The van der Waals surface area contributed by atoms with Crippen molar-refractivity contribution in [2.45, 2.75) is 26.7 Å². The van der Waals surface area contributed by atoms with E-state index in [1.165, 1.54) is 16.7 Å². The van der Waals surface area contributed by atoms with Crippen molar-refractivity contribution in [3.05, 3.63) is 65.4 Å². The summed E-state index contributed by atoms with van der Waals surface area (Å²) in [5.74, 6) is 0.850. The number of rotatable bonds is 5. The molecular weight excluding hydrogens is 310 g/mol. The van der Waals surface area contributed by atoms with Gasteiger partial charge in [0.05, 0.1) is 5.56 Å². The third-order valence-electron chi connectivity index (χ3n) is 4.61. The van der Waals surface area contributed by atoms with Crippen molar-refractivity contribution in [3.8, 4) is 0 Å². The second-order valence-corrected chi connectivity index (χ2v) is 6.24. The quantitative estimate of drug-likeness (QED) is 0.906. The van der Waals surface area contributed by atoms with Gasteiger partial charge in [-0.05, 0) is 48.6 Å². The van der Waals surface area contributed by atoms with Crippen LogP contribution in [-0.2, 0) is 6.42 Å². The maximum atomic E-state index is 11.8. The van der Waals surface area contributed by atoms with Crippen LogP contribution < -0.4 is 10.2 Å². The largest absolute Gasteiger partial charge is 0.353 e. The van der Waals surface area contributed by atoms with Crippen molar-refractivity contribution < 1.29 is 4.79 Å². The first kappa shape index (κ1) is 17.2. The molecule has 130 valence electrons. The zero-order valence-electron chi connectivity index (χ0n) is 15.0. The lowest BCUT2D eigenvalue weighted by Crippen LogP contribution is -2.29. The van der Waals surface area contributed by atoms with Crippen molar-refractivity contribution in [3.63, 3.8) is 0 Å². The molecule has 0 spiro atoms. The molecule has 0 fully saturated rings. The summed E-state index contributed by atoms with van der Waals surface area (Å²) in [5.41, 5.74) is 4.70. The standard InChI is InChI=1S/C21H25N3O/c1-3-16-5-7-17(8-6-16)18-11-13-24(14-12-18)20-10-9-19(15-23-20)21(25)22-4-2/h5-11,15H,3-4,12-14H2,1-2H3,(H,22,25). The predicted octanol–water partition coefficient (Wildman–Crippen LogP) is 3.69. The van der Waals surface area contributed by atoms with Crippen molar-refractivity contribution >= 4 is 17.3 Å². The van der Waals surface area contributed by atoms with Crippen LogP contribution in [0.4, 0.5) is 5.82 Å². The minimum Gasteiger partial charge on any atom is -0.353 e. The summed E-state index contributed by atoms with van der Waals surface area (Å²) in [5, 5.41) is 2.79. The van der Waals surface area contributed by atoms with E-state index in [9.17, 15) is 4.79 Å². The van der Waals surface area contributed by atoms with E-state index >= 15 is 0 Å². The third-order valence-corrected chi connectivity index (χ3v) is 4.61. The normalized spacial score (nSPS) is 14.2. The molecule has 1 aromatic heterocycles. The number of nitrogens with one attached hydrogen (secondary N) is 1. The van der Waals surface area contributed by atoms with E-state index in [1.54, 1.807) is 6.20 Å². The molecule has 2 aromatic rings. The number of carbonyl (C=O) groups is 1. The van der Waals surface area contributed by atoms with Crippen LogP contribution in [0, 0.1) is 0 Å². The highest BCUT2D eigenvalue weighted by Crippen LogP contribution is 2.25. The first-order chi connectivity index (χ1) is 12.2. The van der Waals surface area contributed by atoms with Crippen LogP contribution in [-0.4, -0.2) is 30.5 Å². The molecule has 1 N–H and O–H groups in total. The Morgan fingerprint density at radius 3 is 2.52 bits per heavy atom. The van der Waals surface area contributed by atoms with Gasteiger partial charge < -0.3 is 10.2 Å². The molecule has 0 radical (unpaired) electrons. The highest BCUT2D eigenvalue weighted by atomic mass is 16.1. The third kappa shape index (κ3) is 4.08. The average Bonchev–Trinajstić information content (AvgIpc) is 2.68. The molecule has 0 saturated heterocycles. The Hall–Kier alpha value is -2.62. The van der Waals surface area contributed by atoms with Gasteiger partial charge in [0.2, 0.25) is 0 Å². The highest BCUT2D eigenvalue weighted by molar-refractivity contribution is 5.94. The van der Waals surface area contributed by atoms with Crippen LogP contribution in [0.3, 0.4) is 0 Å². The summed E-state index contributed by atoms with van der Waals surface area (Å²) in [6, 6.07) is 12.6. The number of amides is 1. The van der Waals surface area contributed by atoms with Crippen molar-refractivity contribution in [2.75, 3.05) is 24.5 Å². The summed E-state index contributed by atoms with van der Waals surface area (Å²) in [6.45, 7) is 6.50. The van der Waals surface area contributed by atoms with Crippen molar-refractivity contribution in [2.24, 2.45) is 0 Å². The van der Waals surface area contributed by atoms with Crippen LogP contribution >= 0.6 is 0 Å². The fourth-order valence-corrected chi connectivity index (χ4v) is 3.06. The van der Waals surface area contributed by atoms with Crippen LogP contribution in [0.15, 0.2) is 48.7 Å². The molecule has 1 aliphatic rings. The molecule has 4 nitrogen and oxygen atoms in total. The Morgan fingerprint density at radius 1 is 1.16 bits per heavy atom. The second-order valence-electron chi connectivity index (χ2n) is 6.24. The van der Waals surface area contributed by atoms with Gasteiger partial charge in [-0.25, -0.2) is 4.98 Å². The Kier molecular flexibility index (Phi) is 5.49. The number of aromatic nitrogens is 1. The molecule has 1 amide bonds. The van der Waals surface area contributed by atoms with Gasteiger partial charge in [-0.15, -0.1) is 0 Å². The lowest BCUT2D eigenvalue weighted by atomic mass is 9.98. The fourth-order valence-electron chi connectivity index (χ4n) is 3.06. The van der Waals surface area contributed by atoms with E-state index in [0.717, 1.165) is 31.7 Å². The summed E-state index contributed by atoms with van der Waals surface area (Å²) >= 11 is 0. The second kappa shape index (κ2) is 7.97. The number of pyridine rings is 1. The minimum atomic E-state index is -0.0714. The van der Waals surface area contributed by atoms with E-state index in [2.05, 4.69) is 52.5 Å². The molecule has 3 rings (SSSR count). The molecule has 2 heterocycles. The summed E-state index contributed by atoms with van der Waals surface area (Å²) in [7, 11) is 0. The zero-order valence-corrected chi connectivity index (χ0v) is 15.0. The van der Waals surface area contributed by atoms with Crippen LogP contribution in [0.2, 0.25) is 0 Å². The van der Waals surface area contributed by atoms with Gasteiger partial charge in [0.25, 0.3) is 5.91 Å². The topological polar surface area (TPSA) is 45.2 Å². The Labute approximate surface area is 149 Å². The van der Waals surface area contributed by atoms with E-state index in [4.69, 9.17) is 0 Å². The number of nitrogens with zero attached hydrogens (tertiary/aromatic N) is 2. The molecule has 1 aromatic carbocycles. The number of hydrogen-bond acceptors (Lipinski definition) is 3. The summed E-state index contributed by atoms with van der Waals surface area (Å²) < 4.78 is 0. The Morgan fingerprint density at radius 2 is 1.96 bits per heavy atom. The van der Waals surface area contributed by atoms with Crippen molar-refractivity contribution in [1.29, 1.82) is 0 Å². The minimum absolute atomic E-state index is 0.0714. The lowest BCUT2D eigenvalue weighted by Gasteiger charge is -2.27. The maximum Gasteiger partial charge on any atom is 0.252 e. The van der Waals surface area contributed by atoms with Gasteiger partial charge in [0.15, 0.2) is 0 Å². The molecule has 0 atom stereocenters. The Bertz CT molecular complexity index is 748. The summed E-state index contributed by atoms with van der Waals surface area (Å²) in [4.78, 5) is 18.5. The molecule has 1 aliphatic heterocycles. The summed E-state index contributed by atoms with van der Waals surface area (Å²) in [6.07, 6.45) is 6.02. The van der Waals surface area contributed by atoms with Gasteiger partial charge in [-0.1, -0.05) is 37.3 Å². The Balaban J connectivity index is 1.66. The molecule has 4 heteroatoms. The monoisotopic (exact) mass is 335 g/mol. The zero-order chi connectivity index (χ0) is 17.6. The smallest absolute Gasteiger partial charge is 0.252 e. The number of anilines is 1. The first-order valence-corrected chi connectivity index (χ1v) is 8.98. The molecule has 0 unspecified atom stereocenters. The number of hydrogen-bond donors (Lipinski definition) is 1. The van der Waals surface area contributed by atoms with Gasteiger partial charge >= 0.3 is 0 Å². The molecule has 0 bridgehead atoms. The molecule has 0 aliphatic carbocycles. The SMILES string of the molecule is CCNC(=O)c1ccc(N2CC=C(c3ccc(CC)cc3)CC2)nc1. The maximum absolute atomic E-state index is 11.8. The van der Waals surface area contributed by atoms with Gasteiger partial charge in [0.1, 0.15) is 5.82 Å². The van der Waals surface area contributed by atoms with Crippen molar-refractivity contribution in [1.82, 2.24) is 10.3 Å². The van der Waals surface area contributed by atoms with Gasteiger partial charge in [-0.3, -0.25) is 4.79 Å². The van der Waals surface area contributed by atoms with Crippen LogP contribution in [0.25, 0.3) is 5.57 Å².